The van der Waals surface area contributed by atoms with Crippen molar-refractivity contribution in [2.24, 2.45) is 5.84 Å². The summed E-state index contributed by atoms with van der Waals surface area (Å²) in [7, 11) is 2.17. The van der Waals surface area contributed by atoms with Crippen LogP contribution in [-0.4, -0.2) is 42.1 Å². The highest BCUT2D eigenvalue weighted by molar-refractivity contribution is 7.99. The standard InChI is InChI=1S/C15H25N3OS/c1-11(2)19-14-7-5-4-6-12(14)15(17-16)13-10-20-9-8-18(13)3/h4-7,11,13,15,17H,8-10,16H2,1-3H3. The second-order valence-corrected chi connectivity index (χ2v) is 6.62. The summed E-state index contributed by atoms with van der Waals surface area (Å²) in [5.41, 5.74) is 4.14. The van der Waals surface area contributed by atoms with E-state index in [9.17, 15) is 0 Å². The Kier molecular flexibility index (Phi) is 5.72. The van der Waals surface area contributed by atoms with Gasteiger partial charge in [-0.15, -0.1) is 0 Å². The van der Waals surface area contributed by atoms with Gasteiger partial charge in [0.25, 0.3) is 0 Å². The third-order valence-electron chi connectivity index (χ3n) is 3.62. The SMILES string of the molecule is CC(C)Oc1ccccc1C(NN)C1CSCCN1C. The molecular weight excluding hydrogens is 270 g/mol. The van der Waals surface area contributed by atoms with Crippen LogP contribution in [0.3, 0.4) is 0 Å². The van der Waals surface area contributed by atoms with Crippen LogP contribution < -0.4 is 16.0 Å². The van der Waals surface area contributed by atoms with E-state index in [1.807, 2.05) is 43.8 Å². The van der Waals surface area contributed by atoms with Gasteiger partial charge in [-0.25, -0.2) is 0 Å². The van der Waals surface area contributed by atoms with E-state index < -0.39 is 0 Å². The number of thioether (sulfide) groups is 1. The van der Waals surface area contributed by atoms with E-state index in [-0.39, 0.29) is 12.1 Å². The molecule has 2 rings (SSSR count). The summed E-state index contributed by atoms with van der Waals surface area (Å²) in [6.45, 7) is 5.19. The quantitative estimate of drug-likeness (QED) is 0.643. The van der Waals surface area contributed by atoms with Crippen LogP contribution in [-0.2, 0) is 0 Å². The van der Waals surface area contributed by atoms with Crippen molar-refractivity contribution < 1.29 is 4.74 Å². The maximum atomic E-state index is 5.93. The number of benzene rings is 1. The normalized spacial score (nSPS) is 21.9. The molecule has 112 valence electrons. The van der Waals surface area contributed by atoms with Gasteiger partial charge in [-0.05, 0) is 27.0 Å². The molecule has 0 spiro atoms. The van der Waals surface area contributed by atoms with Crippen molar-refractivity contribution in [3.63, 3.8) is 0 Å². The van der Waals surface area contributed by atoms with Crippen molar-refractivity contribution in [2.75, 3.05) is 25.1 Å². The minimum atomic E-state index is 0.0859. The average Bonchev–Trinajstić information content (AvgIpc) is 2.43. The van der Waals surface area contributed by atoms with Crippen LogP contribution in [0.2, 0.25) is 0 Å². The van der Waals surface area contributed by atoms with E-state index in [2.05, 4.69) is 23.4 Å². The molecule has 20 heavy (non-hydrogen) atoms. The zero-order valence-electron chi connectivity index (χ0n) is 12.5. The summed E-state index contributed by atoms with van der Waals surface area (Å²) in [4.78, 5) is 2.38. The molecule has 0 bridgehead atoms. The first-order valence-corrected chi connectivity index (χ1v) is 8.28. The van der Waals surface area contributed by atoms with E-state index in [1.165, 1.54) is 5.75 Å². The van der Waals surface area contributed by atoms with Crippen molar-refractivity contribution in [3.8, 4) is 5.75 Å². The molecule has 0 amide bonds. The Balaban J connectivity index is 2.26. The van der Waals surface area contributed by atoms with Gasteiger partial charge in [-0.1, -0.05) is 18.2 Å². The molecule has 2 atom stereocenters. The van der Waals surface area contributed by atoms with Crippen LogP contribution in [0.15, 0.2) is 24.3 Å². The number of nitrogens with one attached hydrogen (secondary N) is 1. The Labute approximate surface area is 126 Å². The third kappa shape index (κ3) is 3.67. The molecule has 1 aromatic rings. The zero-order valence-corrected chi connectivity index (χ0v) is 13.3. The van der Waals surface area contributed by atoms with Crippen molar-refractivity contribution >= 4 is 11.8 Å². The molecule has 1 aliphatic heterocycles. The molecule has 1 aliphatic rings. The van der Waals surface area contributed by atoms with Crippen molar-refractivity contribution in [1.82, 2.24) is 10.3 Å². The van der Waals surface area contributed by atoms with Crippen LogP contribution in [0.4, 0.5) is 0 Å². The molecule has 1 aromatic carbocycles. The summed E-state index contributed by atoms with van der Waals surface area (Å²) in [6.07, 6.45) is 0.160. The van der Waals surface area contributed by atoms with Crippen LogP contribution in [0.1, 0.15) is 25.5 Å². The predicted molar refractivity (Wildman–Crippen MR) is 86.0 cm³/mol. The second-order valence-electron chi connectivity index (χ2n) is 5.47. The Morgan fingerprint density at radius 2 is 2.15 bits per heavy atom. The highest BCUT2D eigenvalue weighted by atomic mass is 32.2. The van der Waals surface area contributed by atoms with E-state index >= 15 is 0 Å². The molecule has 4 nitrogen and oxygen atoms in total. The van der Waals surface area contributed by atoms with Gasteiger partial charge in [0.1, 0.15) is 5.75 Å². The summed E-state index contributed by atoms with van der Waals surface area (Å²) < 4.78 is 5.93. The number of rotatable bonds is 5. The third-order valence-corrected chi connectivity index (χ3v) is 4.67. The number of hydrogen-bond donors (Lipinski definition) is 2. The van der Waals surface area contributed by atoms with Gasteiger partial charge in [-0.3, -0.25) is 16.2 Å². The minimum absolute atomic E-state index is 0.0859. The van der Waals surface area contributed by atoms with Crippen molar-refractivity contribution in [3.05, 3.63) is 29.8 Å². The fraction of sp³-hybridized carbons (Fsp3) is 0.600. The molecule has 0 saturated carbocycles. The lowest BCUT2D eigenvalue weighted by Crippen LogP contribution is -2.49. The number of nitrogens with two attached hydrogens (primary N) is 1. The van der Waals surface area contributed by atoms with Crippen molar-refractivity contribution in [2.45, 2.75) is 32.0 Å². The first-order valence-electron chi connectivity index (χ1n) is 7.13. The molecular formula is C15H25N3OS. The number of para-hydroxylation sites is 1. The monoisotopic (exact) mass is 295 g/mol. The maximum Gasteiger partial charge on any atom is 0.124 e. The van der Waals surface area contributed by atoms with E-state index in [4.69, 9.17) is 10.6 Å². The van der Waals surface area contributed by atoms with Gasteiger partial charge in [0.15, 0.2) is 0 Å². The molecule has 1 fully saturated rings. The fourth-order valence-corrected chi connectivity index (χ4v) is 3.84. The Hall–Kier alpha value is -0.750. The highest BCUT2D eigenvalue weighted by Gasteiger charge is 2.30. The van der Waals surface area contributed by atoms with Crippen LogP contribution in [0.5, 0.6) is 5.75 Å². The maximum absolute atomic E-state index is 5.93. The fourth-order valence-electron chi connectivity index (χ4n) is 2.56. The van der Waals surface area contributed by atoms with Crippen LogP contribution in [0, 0.1) is 0 Å². The largest absolute Gasteiger partial charge is 0.491 e. The molecule has 5 heteroatoms. The summed E-state index contributed by atoms with van der Waals surface area (Å²) in [5.74, 6) is 9.06. The van der Waals surface area contributed by atoms with Gasteiger partial charge in [-0.2, -0.15) is 11.8 Å². The summed E-state index contributed by atoms with van der Waals surface area (Å²) in [6, 6.07) is 8.65. The van der Waals surface area contributed by atoms with Crippen molar-refractivity contribution in [1.29, 1.82) is 0 Å². The Morgan fingerprint density at radius 1 is 1.40 bits per heavy atom. The van der Waals surface area contributed by atoms with Gasteiger partial charge in [0.2, 0.25) is 0 Å². The molecule has 2 unspecified atom stereocenters. The molecule has 0 radical (unpaired) electrons. The van der Waals surface area contributed by atoms with Gasteiger partial charge in [0.05, 0.1) is 12.1 Å². The number of nitrogens with zero attached hydrogens (tertiary/aromatic N) is 1. The second kappa shape index (κ2) is 7.31. The molecule has 1 heterocycles. The van der Waals surface area contributed by atoms with Crippen LogP contribution >= 0.6 is 11.8 Å². The summed E-state index contributed by atoms with van der Waals surface area (Å²) >= 11 is 1.99. The lowest BCUT2D eigenvalue weighted by molar-refractivity contribution is 0.203. The summed E-state index contributed by atoms with van der Waals surface area (Å²) in [5, 5.41) is 0. The predicted octanol–water partition coefficient (Wildman–Crippen LogP) is 2.03. The van der Waals surface area contributed by atoms with Gasteiger partial charge >= 0.3 is 0 Å². The van der Waals surface area contributed by atoms with Crippen LogP contribution in [0.25, 0.3) is 0 Å². The number of hydrazine groups is 1. The molecule has 1 saturated heterocycles. The highest BCUT2D eigenvalue weighted by Crippen LogP contribution is 2.32. The number of likely N-dealkylation sites (N-methyl/N-ethyl adjacent to an activating group) is 1. The topological polar surface area (TPSA) is 50.5 Å². The van der Waals surface area contributed by atoms with E-state index in [0.717, 1.165) is 23.6 Å². The number of hydrogen-bond acceptors (Lipinski definition) is 5. The molecule has 3 N–H and O–H groups in total. The van der Waals surface area contributed by atoms with E-state index in [0.29, 0.717) is 6.04 Å². The molecule has 0 aromatic heterocycles. The Bertz CT molecular complexity index is 427. The van der Waals surface area contributed by atoms with Gasteiger partial charge in [0, 0.05) is 29.7 Å². The lowest BCUT2D eigenvalue weighted by Gasteiger charge is -2.38. The van der Waals surface area contributed by atoms with Gasteiger partial charge < -0.3 is 4.74 Å². The zero-order chi connectivity index (χ0) is 14.5. The smallest absolute Gasteiger partial charge is 0.124 e. The van der Waals surface area contributed by atoms with E-state index in [1.54, 1.807) is 0 Å². The molecule has 0 aliphatic carbocycles. The Morgan fingerprint density at radius 3 is 2.80 bits per heavy atom. The minimum Gasteiger partial charge on any atom is -0.491 e. The average molecular weight is 295 g/mol. The lowest BCUT2D eigenvalue weighted by atomic mass is 9.98. The first kappa shape index (κ1) is 15.6. The number of ether oxygens (including phenoxy) is 1. The first-order chi connectivity index (χ1) is 9.63.